The maximum Gasteiger partial charge on any atom is 0.291 e. The molecule has 7 nitrogen and oxygen atoms in total. The number of ketones is 1. The van der Waals surface area contributed by atoms with Gasteiger partial charge in [0.05, 0.1) is 26.2 Å². The molecule has 0 aliphatic carbocycles. The lowest BCUT2D eigenvalue weighted by molar-refractivity contribution is 0.0976. The summed E-state index contributed by atoms with van der Waals surface area (Å²) in [5, 5.41) is 2.82. The number of nitrogens with one attached hydrogen (secondary N) is 1. The number of fused-ring (bicyclic) bond motifs is 3. The summed E-state index contributed by atoms with van der Waals surface area (Å²) in [6.07, 6.45) is 3.72. The topological polar surface area (TPSA) is 82.7 Å². The Bertz CT molecular complexity index is 1320. The van der Waals surface area contributed by atoms with E-state index in [9.17, 15) is 9.59 Å². The second-order valence-electron chi connectivity index (χ2n) is 7.76. The third-order valence-electron chi connectivity index (χ3n) is 5.90. The van der Waals surface area contributed by atoms with Gasteiger partial charge >= 0.3 is 0 Å². The second-order valence-corrected chi connectivity index (χ2v) is 7.76. The predicted octanol–water partition coefficient (Wildman–Crippen LogP) is 5.06. The minimum Gasteiger partial charge on any atom is -0.493 e. The standard InChI is InChI=1S/C26H22N2O5/c1-31-24-14-19-21(15-25(24)32-2)28-11-3-5-20(28)18(13-22(19)29)16-7-9-17(10-8-16)27-26(30)23-6-4-12-33-23/h3-12,14-15,18H,13H2,1-2H3,(H,27,30). The maximum absolute atomic E-state index is 13.3. The Morgan fingerprint density at radius 2 is 1.79 bits per heavy atom. The van der Waals surface area contributed by atoms with Crippen molar-refractivity contribution < 1.29 is 23.5 Å². The van der Waals surface area contributed by atoms with Crippen LogP contribution in [0.15, 0.2) is 77.5 Å². The number of carbonyl (C=O) groups is 2. The number of amides is 1. The van der Waals surface area contributed by atoms with Crippen molar-refractivity contribution in [3.05, 3.63) is 95.7 Å². The third-order valence-corrected chi connectivity index (χ3v) is 5.90. The van der Waals surface area contributed by atoms with Gasteiger partial charge in [-0.1, -0.05) is 12.1 Å². The Balaban J connectivity index is 1.48. The SMILES string of the molecule is COc1cc2c(cc1OC)-n1cccc1C(c1ccc(NC(=O)c3ccco3)cc1)CC2=O. The van der Waals surface area contributed by atoms with Crippen LogP contribution in [-0.2, 0) is 0 Å². The number of hydrogen-bond donors (Lipinski definition) is 1. The number of Topliss-reactive ketones (excluding diaryl/α,β-unsaturated/α-hetero) is 1. The molecule has 1 N–H and O–H groups in total. The lowest BCUT2D eigenvalue weighted by atomic mass is 9.90. The molecule has 7 heteroatoms. The normalized spacial score (nSPS) is 14.7. The van der Waals surface area contributed by atoms with E-state index in [-0.39, 0.29) is 23.4 Å². The van der Waals surface area contributed by atoms with Crippen LogP contribution in [0.2, 0.25) is 0 Å². The Kier molecular flexibility index (Phi) is 5.22. The van der Waals surface area contributed by atoms with Gasteiger partial charge in [-0.2, -0.15) is 0 Å². The van der Waals surface area contributed by atoms with Gasteiger partial charge in [0.15, 0.2) is 23.0 Å². The van der Waals surface area contributed by atoms with Gasteiger partial charge in [0.2, 0.25) is 0 Å². The number of carbonyl (C=O) groups excluding carboxylic acids is 2. The van der Waals surface area contributed by atoms with Gasteiger partial charge < -0.3 is 23.8 Å². The third kappa shape index (κ3) is 3.67. The van der Waals surface area contributed by atoms with Crippen LogP contribution in [-0.4, -0.2) is 30.5 Å². The van der Waals surface area contributed by atoms with E-state index in [2.05, 4.69) is 5.32 Å². The molecule has 5 rings (SSSR count). The highest BCUT2D eigenvalue weighted by atomic mass is 16.5. The number of hydrogen-bond acceptors (Lipinski definition) is 5. The van der Waals surface area contributed by atoms with E-state index in [1.807, 2.05) is 53.2 Å². The number of rotatable bonds is 5. The largest absolute Gasteiger partial charge is 0.493 e. The molecule has 2 aromatic carbocycles. The van der Waals surface area contributed by atoms with Crippen LogP contribution in [0.1, 0.15) is 44.5 Å². The fourth-order valence-corrected chi connectivity index (χ4v) is 4.28. The fraction of sp³-hybridized carbons (Fsp3) is 0.154. The Morgan fingerprint density at radius 3 is 2.48 bits per heavy atom. The number of ether oxygens (including phenoxy) is 2. The van der Waals surface area contributed by atoms with E-state index in [0.717, 1.165) is 16.9 Å². The predicted molar refractivity (Wildman–Crippen MR) is 123 cm³/mol. The lowest BCUT2D eigenvalue weighted by Gasteiger charge is -2.17. The average Bonchev–Trinajstić information content (AvgIpc) is 3.53. The van der Waals surface area contributed by atoms with Crippen LogP contribution in [0.4, 0.5) is 5.69 Å². The first kappa shape index (κ1) is 20.6. The van der Waals surface area contributed by atoms with E-state index in [1.165, 1.54) is 6.26 Å². The smallest absolute Gasteiger partial charge is 0.291 e. The molecule has 1 atom stereocenters. The van der Waals surface area contributed by atoms with Gasteiger partial charge in [-0.15, -0.1) is 0 Å². The summed E-state index contributed by atoms with van der Waals surface area (Å²) in [6.45, 7) is 0. The number of nitrogens with zero attached hydrogens (tertiary/aromatic N) is 1. The summed E-state index contributed by atoms with van der Waals surface area (Å²) in [5.74, 6) is 0.897. The Morgan fingerprint density at radius 1 is 1.03 bits per heavy atom. The molecule has 1 amide bonds. The fourth-order valence-electron chi connectivity index (χ4n) is 4.28. The molecule has 0 spiro atoms. The van der Waals surface area contributed by atoms with Crippen molar-refractivity contribution in [3.8, 4) is 17.2 Å². The summed E-state index contributed by atoms with van der Waals surface area (Å²) in [5.41, 5.74) is 3.98. The molecule has 166 valence electrons. The Hall–Kier alpha value is -4.26. The minimum atomic E-state index is -0.315. The quantitative estimate of drug-likeness (QED) is 0.467. The zero-order valence-corrected chi connectivity index (χ0v) is 18.2. The lowest BCUT2D eigenvalue weighted by Crippen LogP contribution is -2.11. The highest BCUT2D eigenvalue weighted by Crippen LogP contribution is 2.40. The minimum absolute atomic E-state index is 0.0230. The Labute approximate surface area is 190 Å². The number of methoxy groups -OCH3 is 2. The van der Waals surface area contributed by atoms with E-state index < -0.39 is 0 Å². The first-order chi connectivity index (χ1) is 16.1. The van der Waals surface area contributed by atoms with Crippen molar-refractivity contribution >= 4 is 17.4 Å². The van der Waals surface area contributed by atoms with E-state index in [1.54, 1.807) is 32.4 Å². The first-order valence-electron chi connectivity index (χ1n) is 10.5. The molecular formula is C26H22N2O5. The van der Waals surface area contributed by atoms with E-state index in [0.29, 0.717) is 29.2 Å². The van der Waals surface area contributed by atoms with Crippen LogP contribution >= 0.6 is 0 Å². The summed E-state index contributed by atoms with van der Waals surface area (Å²) in [4.78, 5) is 25.5. The van der Waals surface area contributed by atoms with Crippen LogP contribution in [0.25, 0.3) is 5.69 Å². The maximum atomic E-state index is 13.3. The van der Waals surface area contributed by atoms with Crippen molar-refractivity contribution in [2.45, 2.75) is 12.3 Å². The van der Waals surface area contributed by atoms with E-state index >= 15 is 0 Å². The van der Waals surface area contributed by atoms with Gasteiger partial charge in [0, 0.05) is 41.5 Å². The van der Waals surface area contributed by atoms with Gasteiger partial charge in [0.25, 0.3) is 5.91 Å². The number of aromatic nitrogens is 1. The molecule has 1 unspecified atom stereocenters. The summed E-state index contributed by atoms with van der Waals surface area (Å²) < 4.78 is 18.0. The van der Waals surface area contributed by atoms with Crippen LogP contribution in [0.5, 0.6) is 11.5 Å². The van der Waals surface area contributed by atoms with Gasteiger partial charge in [0.1, 0.15) is 0 Å². The van der Waals surface area contributed by atoms with Crippen LogP contribution in [0, 0.1) is 0 Å². The molecule has 4 aromatic rings. The monoisotopic (exact) mass is 442 g/mol. The van der Waals surface area contributed by atoms with Crippen molar-refractivity contribution in [2.75, 3.05) is 19.5 Å². The highest BCUT2D eigenvalue weighted by Gasteiger charge is 2.29. The molecule has 0 saturated carbocycles. The summed E-state index contributed by atoms with van der Waals surface area (Å²) in [6, 6.07) is 18.4. The van der Waals surface area contributed by atoms with Crippen molar-refractivity contribution in [1.29, 1.82) is 0 Å². The zero-order chi connectivity index (χ0) is 22.9. The van der Waals surface area contributed by atoms with Gasteiger partial charge in [-0.25, -0.2) is 0 Å². The van der Waals surface area contributed by atoms with Gasteiger partial charge in [-0.3, -0.25) is 9.59 Å². The molecule has 1 aliphatic rings. The number of furan rings is 1. The molecule has 0 saturated heterocycles. The molecule has 0 bridgehead atoms. The summed E-state index contributed by atoms with van der Waals surface area (Å²) in [7, 11) is 3.13. The highest BCUT2D eigenvalue weighted by molar-refractivity contribution is 6.02. The second kappa shape index (κ2) is 8.35. The molecule has 3 heterocycles. The molecule has 1 aliphatic heterocycles. The average molecular weight is 442 g/mol. The molecule has 0 radical (unpaired) electrons. The molecule has 0 fully saturated rings. The van der Waals surface area contributed by atoms with Crippen molar-refractivity contribution in [2.24, 2.45) is 0 Å². The molecular weight excluding hydrogens is 420 g/mol. The van der Waals surface area contributed by atoms with Crippen LogP contribution in [0.3, 0.4) is 0 Å². The number of anilines is 1. The van der Waals surface area contributed by atoms with E-state index in [4.69, 9.17) is 13.9 Å². The number of benzene rings is 2. The molecule has 33 heavy (non-hydrogen) atoms. The summed E-state index contributed by atoms with van der Waals surface area (Å²) >= 11 is 0. The molecule has 2 aromatic heterocycles. The van der Waals surface area contributed by atoms with Crippen molar-refractivity contribution in [3.63, 3.8) is 0 Å². The zero-order valence-electron chi connectivity index (χ0n) is 18.2. The van der Waals surface area contributed by atoms with Gasteiger partial charge in [-0.05, 0) is 48.0 Å². The first-order valence-corrected chi connectivity index (χ1v) is 10.5. The van der Waals surface area contributed by atoms with Crippen LogP contribution < -0.4 is 14.8 Å². The van der Waals surface area contributed by atoms with Crippen molar-refractivity contribution in [1.82, 2.24) is 4.57 Å².